The van der Waals surface area contributed by atoms with Crippen LogP contribution in [-0.4, -0.2) is 0 Å². The highest BCUT2D eigenvalue weighted by atomic mass is 35.5. The summed E-state index contributed by atoms with van der Waals surface area (Å²) in [6.45, 7) is 2.05. The van der Waals surface area contributed by atoms with Crippen molar-refractivity contribution < 1.29 is 0 Å². The number of benzene rings is 1. The van der Waals surface area contributed by atoms with E-state index >= 15 is 0 Å². The predicted octanol–water partition coefficient (Wildman–Crippen LogP) is 4.83. The van der Waals surface area contributed by atoms with Crippen molar-refractivity contribution in [3.63, 3.8) is 0 Å². The topological polar surface area (TPSA) is 26.0 Å². The zero-order chi connectivity index (χ0) is 13.4. The van der Waals surface area contributed by atoms with E-state index in [4.69, 9.17) is 17.3 Å². The third kappa shape index (κ3) is 2.45. The van der Waals surface area contributed by atoms with Gasteiger partial charge in [0.15, 0.2) is 0 Å². The Morgan fingerprint density at radius 2 is 2.16 bits per heavy atom. The number of fused-ring (bicyclic) bond motifs is 1. The van der Waals surface area contributed by atoms with E-state index in [0.717, 1.165) is 9.90 Å². The lowest BCUT2D eigenvalue weighted by atomic mass is 9.78. The molecule has 0 fully saturated rings. The first-order valence-corrected chi connectivity index (χ1v) is 7.95. The van der Waals surface area contributed by atoms with E-state index in [0.29, 0.717) is 5.92 Å². The molecule has 0 bridgehead atoms. The molecule has 0 spiro atoms. The molecule has 19 heavy (non-hydrogen) atoms. The molecule has 0 radical (unpaired) electrons. The highest BCUT2D eigenvalue weighted by molar-refractivity contribution is 7.16. The Hall–Kier alpha value is -0.830. The summed E-state index contributed by atoms with van der Waals surface area (Å²) in [6.07, 6.45) is 3.59. The van der Waals surface area contributed by atoms with Gasteiger partial charge in [0.05, 0.1) is 4.34 Å². The van der Waals surface area contributed by atoms with E-state index in [1.807, 2.05) is 6.92 Å². The van der Waals surface area contributed by atoms with Gasteiger partial charge in [-0.3, -0.25) is 0 Å². The molecule has 1 aromatic heterocycles. The molecule has 1 heterocycles. The van der Waals surface area contributed by atoms with Crippen molar-refractivity contribution in [2.24, 2.45) is 5.73 Å². The largest absolute Gasteiger partial charge is 0.323 e. The fraction of sp³-hybridized carbons (Fsp3) is 0.375. The fourth-order valence-electron chi connectivity index (χ4n) is 3.01. The van der Waals surface area contributed by atoms with E-state index in [1.165, 1.54) is 35.3 Å². The molecule has 2 aromatic rings. The lowest BCUT2D eigenvalue weighted by Gasteiger charge is -2.29. The van der Waals surface area contributed by atoms with E-state index < -0.39 is 0 Å². The summed E-state index contributed by atoms with van der Waals surface area (Å²) in [4.78, 5) is 1.21. The minimum atomic E-state index is 0.0673. The van der Waals surface area contributed by atoms with Crippen LogP contribution in [0.2, 0.25) is 4.34 Å². The van der Waals surface area contributed by atoms with Gasteiger partial charge in [-0.15, -0.1) is 11.3 Å². The lowest BCUT2D eigenvalue weighted by Crippen LogP contribution is -2.22. The summed E-state index contributed by atoms with van der Waals surface area (Å²) in [7, 11) is 0. The van der Waals surface area contributed by atoms with Gasteiger partial charge in [0.2, 0.25) is 0 Å². The first-order valence-electron chi connectivity index (χ1n) is 6.76. The molecular weight excluding hydrogens is 274 g/mol. The van der Waals surface area contributed by atoms with Crippen molar-refractivity contribution in [3.8, 4) is 0 Å². The normalized spacial score (nSPS) is 20.1. The second-order valence-electron chi connectivity index (χ2n) is 5.33. The first kappa shape index (κ1) is 13.2. The number of halogens is 1. The van der Waals surface area contributed by atoms with Crippen LogP contribution >= 0.6 is 22.9 Å². The molecule has 1 aromatic carbocycles. The molecule has 1 aliphatic carbocycles. The second-order valence-corrected chi connectivity index (χ2v) is 7.01. The number of thiophene rings is 1. The maximum absolute atomic E-state index is 6.52. The van der Waals surface area contributed by atoms with Gasteiger partial charge in [-0.25, -0.2) is 0 Å². The van der Waals surface area contributed by atoms with E-state index in [1.54, 1.807) is 11.3 Å². The van der Waals surface area contributed by atoms with Gasteiger partial charge in [-0.1, -0.05) is 35.9 Å². The Morgan fingerprint density at radius 1 is 1.37 bits per heavy atom. The minimum Gasteiger partial charge on any atom is -0.323 e. The fourth-order valence-corrected chi connectivity index (χ4v) is 4.30. The molecule has 3 rings (SSSR count). The molecule has 1 nitrogen and oxygen atoms in total. The smallest absolute Gasteiger partial charge is 0.0960 e. The molecule has 0 saturated heterocycles. The van der Waals surface area contributed by atoms with Crippen molar-refractivity contribution in [3.05, 3.63) is 56.2 Å². The summed E-state index contributed by atoms with van der Waals surface area (Å²) >= 11 is 7.81. The van der Waals surface area contributed by atoms with E-state index in [2.05, 4.69) is 30.3 Å². The van der Waals surface area contributed by atoms with Crippen LogP contribution in [-0.2, 0) is 6.42 Å². The number of rotatable bonds is 2. The van der Waals surface area contributed by atoms with Gasteiger partial charge < -0.3 is 5.73 Å². The maximum Gasteiger partial charge on any atom is 0.0960 e. The Bertz CT molecular complexity index is 571. The summed E-state index contributed by atoms with van der Waals surface area (Å²) < 4.78 is 0.870. The van der Waals surface area contributed by atoms with Crippen LogP contribution in [0.15, 0.2) is 30.3 Å². The summed E-state index contributed by atoms with van der Waals surface area (Å²) in [5.41, 5.74) is 10.6. The van der Waals surface area contributed by atoms with Crippen molar-refractivity contribution in [1.29, 1.82) is 0 Å². The molecule has 0 aliphatic heterocycles. The van der Waals surface area contributed by atoms with Crippen LogP contribution in [0.5, 0.6) is 0 Å². The van der Waals surface area contributed by atoms with E-state index in [-0.39, 0.29) is 6.04 Å². The van der Waals surface area contributed by atoms with Gasteiger partial charge in [-0.05, 0) is 48.9 Å². The van der Waals surface area contributed by atoms with Crippen LogP contribution < -0.4 is 5.73 Å². The molecule has 3 heteroatoms. The van der Waals surface area contributed by atoms with Gasteiger partial charge in [0.1, 0.15) is 0 Å². The van der Waals surface area contributed by atoms with Gasteiger partial charge in [0.25, 0.3) is 0 Å². The molecule has 2 atom stereocenters. The van der Waals surface area contributed by atoms with Crippen molar-refractivity contribution >= 4 is 22.9 Å². The SMILES string of the molecule is Cc1cc(C(N)C2CCCc3ccccc32)sc1Cl. The highest BCUT2D eigenvalue weighted by Crippen LogP contribution is 2.42. The monoisotopic (exact) mass is 291 g/mol. The summed E-state index contributed by atoms with van der Waals surface area (Å²) in [5, 5.41) is 0. The number of hydrogen-bond acceptors (Lipinski definition) is 2. The zero-order valence-corrected chi connectivity index (χ0v) is 12.6. The average molecular weight is 292 g/mol. The van der Waals surface area contributed by atoms with Crippen molar-refractivity contribution in [2.45, 2.75) is 38.1 Å². The number of hydrogen-bond donors (Lipinski definition) is 1. The summed E-state index contributed by atoms with van der Waals surface area (Å²) in [6, 6.07) is 10.9. The third-order valence-corrected chi connectivity index (χ3v) is 5.71. The van der Waals surface area contributed by atoms with Gasteiger partial charge >= 0.3 is 0 Å². The van der Waals surface area contributed by atoms with Crippen LogP contribution in [0.4, 0.5) is 0 Å². The van der Waals surface area contributed by atoms with Crippen LogP contribution in [0.1, 0.15) is 46.4 Å². The quantitative estimate of drug-likeness (QED) is 0.842. The number of nitrogens with two attached hydrogens (primary N) is 1. The van der Waals surface area contributed by atoms with Crippen molar-refractivity contribution in [1.82, 2.24) is 0 Å². The Kier molecular flexibility index (Phi) is 3.66. The zero-order valence-electron chi connectivity index (χ0n) is 11.0. The lowest BCUT2D eigenvalue weighted by molar-refractivity contribution is 0.479. The van der Waals surface area contributed by atoms with Crippen LogP contribution in [0.3, 0.4) is 0 Å². The highest BCUT2D eigenvalue weighted by Gasteiger charge is 2.27. The Balaban J connectivity index is 1.95. The summed E-state index contributed by atoms with van der Waals surface area (Å²) in [5.74, 6) is 0.430. The average Bonchev–Trinajstić information content (AvgIpc) is 2.77. The van der Waals surface area contributed by atoms with Gasteiger partial charge in [0, 0.05) is 16.8 Å². The van der Waals surface area contributed by atoms with Crippen LogP contribution in [0, 0.1) is 6.92 Å². The molecule has 0 saturated carbocycles. The predicted molar refractivity (Wildman–Crippen MR) is 83.1 cm³/mol. The third-order valence-electron chi connectivity index (χ3n) is 4.05. The molecule has 100 valence electrons. The maximum atomic E-state index is 6.52. The Morgan fingerprint density at radius 3 is 2.89 bits per heavy atom. The molecule has 1 aliphatic rings. The standard InChI is InChI=1S/C16H18ClNS/c1-10-9-14(19-16(10)17)15(18)13-8-4-6-11-5-2-3-7-12(11)13/h2-3,5,7,9,13,15H,4,6,8,18H2,1H3. The van der Waals surface area contributed by atoms with E-state index in [9.17, 15) is 0 Å². The molecule has 2 unspecified atom stereocenters. The molecule has 2 N–H and O–H groups in total. The number of aryl methyl sites for hydroxylation is 2. The minimum absolute atomic E-state index is 0.0673. The molecular formula is C16H18ClNS. The first-order chi connectivity index (χ1) is 9.16. The van der Waals surface area contributed by atoms with Crippen LogP contribution in [0.25, 0.3) is 0 Å². The second kappa shape index (κ2) is 5.28. The molecule has 0 amide bonds. The van der Waals surface area contributed by atoms with Crippen molar-refractivity contribution in [2.75, 3.05) is 0 Å². The Labute approximate surface area is 123 Å². The van der Waals surface area contributed by atoms with Gasteiger partial charge in [-0.2, -0.15) is 0 Å².